The van der Waals surface area contributed by atoms with Gasteiger partial charge in [0, 0.05) is 17.3 Å². The van der Waals surface area contributed by atoms with Crippen molar-refractivity contribution in [3.63, 3.8) is 0 Å². The van der Waals surface area contributed by atoms with Gasteiger partial charge in [-0.15, -0.1) is 0 Å². The predicted octanol–water partition coefficient (Wildman–Crippen LogP) is 3.73. The third kappa shape index (κ3) is 2.17. The first-order chi connectivity index (χ1) is 9.66. The number of hydrogen-bond acceptors (Lipinski definition) is 2. The van der Waals surface area contributed by atoms with E-state index in [1.54, 1.807) is 18.3 Å². The molecule has 0 fully saturated rings. The smallest absolute Gasteiger partial charge is 0.131 e. The van der Waals surface area contributed by atoms with Gasteiger partial charge in [0.05, 0.1) is 6.04 Å². The van der Waals surface area contributed by atoms with Crippen LogP contribution in [0.1, 0.15) is 22.9 Å². The molecule has 0 radical (unpaired) electrons. The van der Waals surface area contributed by atoms with E-state index in [1.807, 2.05) is 37.3 Å². The van der Waals surface area contributed by atoms with Gasteiger partial charge in [-0.3, -0.25) is 4.98 Å². The highest BCUT2D eigenvalue weighted by Gasteiger charge is 2.14. The number of aryl methyl sites for hydroxylation is 1. The van der Waals surface area contributed by atoms with Crippen molar-refractivity contribution >= 4 is 10.8 Å². The Bertz CT molecular complexity index is 751. The van der Waals surface area contributed by atoms with Crippen molar-refractivity contribution in [3.05, 3.63) is 77.4 Å². The van der Waals surface area contributed by atoms with Crippen LogP contribution in [0, 0.1) is 12.7 Å². The molecule has 100 valence electrons. The molecule has 2 nitrogen and oxygen atoms in total. The minimum absolute atomic E-state index is 0.224. The van der Waals surface area contributed by atoms with E-state index < -0.39 is 0 Å². The lowest BCUT2D eigenvalue weighted by molar-refractivity contribution is 0.639. The summed E-state index contributed by atoms with van der Waals surface area (Å²) >= 11 is 0. The molecule has 0 saturated carbocycles. The lowest BCUT2D eigenvalue weighted by Gasteiger charge is -2.15. The number of benzene rings is 2. The quantitative estimate of drug-likeness (QED) is 0.767. The summed E-state index contributed by atoms with van der Waals surface area (Å²) in [4.78, 5) is 4.27. The molecule has 1 atom stereocenters. The molecule has 3 rings (SSSR count). The molecule has 20 heavy (non-hydrogen) atoms. The number of hydrogen-bond donors (Lipinski definition) is 1. The van der Waals surface area contributed by atoms with Gasteiger partial charge >= 0.3 is 0 Å². The molecule has 1 heterocycles. The lowest BCUT2D eigenvalue weighted by Crippen LogP contribution is -2.13. The predicted molar refractivity (Wildman–Crippen MR) is 78.9 cm³/mol. The maximum atomic E-state index is 13.8. The Labute approximate surface area is 117 Å². The molecule has 0 spiro atoms. The van der Waals surface area contributed by atoms with Gasteiger partial charge in [0.1, 0.15) is 5.82 Å². The van der Waals surface area contributed by atoms with Crippen LogP contribution >= 0.6 is 0 Å². The van der Waals surface area contributed by atoms with Gasteiger partial charge in [-0.25, -0.2) is 4.39 Å². The van der Waals surface area contributed by atoms with Crippen molar-refractivity contribution in [2.75, 3.05) is 0 Å². The van der Waals surface area contributed by atoms with E-state index in [0.717, 1.165) is 22.2 Å². The fourth-order valence-corrected chi connectivity index (χ4v) is 2.40. The first-order valence-corrected chi connectivity index (χ1v) is 6.52. The number of aromatic nitrogens is 1. The Morgan fingerprint density at radius 1 is 1.00 bits per heavy atom. The number of pyridine rings is 1. The van der Waals surface area contributed by atoms with Crippen molar-refractivity contribution in [1.29, 1.82) is 0 Å². The van der Waals surface area contributed by atoms with Gasteiger partial charge in [0.15, 0.2) is 0 Å². The maximum absolute atomic E-state index is 13.8. The summed E-state index contributed by atoms with van der Waals surface area (Å²) in [5.74, 6) is -0.224. The zero-order chi connectivity index (χ0) is 14.1. The van der Waals surface area contributed by atoms with Crippen LogP contribution < -0.4 is 5.73 Å². The van der Waals surface area contributed by atoms with Crippen LogP contribution in [0.3, 0.4) is 0 Å². The van der Waals surface area contributed by atoms with Crippen LogP contribution in [-0.2, 0) is 0 Å². The van der Waals surface area contributed by atoms with Crippen molar-refractivity contribution in [2.24, 2.45) is 5.73 Å². The average Bonchev–Trinajstić information content (AvgIpc) is 2.48. The summed E-state index contributed by atoms with van der Waals surface area (Å²) in [6.07, 6.45) is 1.78. The molecular weight excluding hydrogens is 251 g/mol. The van der Waals surface area contributed by atoms with Crippen molar-refractivity contribution in [1.82, 2.24) is 4.98 Å². The van der Waals surface area contributed by atoms with E-state index in [1.165, 1.54) is 6.07 Å². The van der Waals surface area contributed by atoms with Gasteiger partial charge in [0.25, 0.3) is 0 Å². The number of halogens is 1. The van der Waals surface area contributed by atoms with Crippen molar-refractivity contribution in [3.8, 4) is 0 Å². The van der Waals surface area contributed by atoms with E-state index in [0.29, 0.717) is 5.39 Å². The second-order valence-electron chi connectivity index (χ2n) is 4.89. The summed E-state index contributed by atoms with van der Waals surface area (Å²) in [5, 5.41) is 1.45. The highest BCUT2D eigenvalue weighted by atomic mass is 19.1. The molecule has 3 aromatic rings. The number of nitrogens with zero attached hydrogens (tertiary/aromatic N) is 1. The van der Waals surface area contributed by atoms with Crippen LogP contribution in [0.15, 0.2) is 54.7 Å². The Hall–Kier alpha value is -2.26. The first-order valence-electron chi connectivity index (χ1n) is 6.52. The van der Waals surface area contributed by atoms with Gasteiger partial charge in [-0.1, -0.05) is 36.4 Å². The standard InChI is InChI=1S/C17H15FN2/c1-11-6-7-12(10-20-11)17(19)15-8-9-16(18)14-5-3-2-4-13(14)15/h2-10,17H,19H2,1H3. The average molecular weight is 266 g/mol. The largest absolute Gasteiger partial charge is 0.320 e. The summed E-state index contributed by atoms with van der Waals surface area (Å²) in [6.45, 7) is 1.93. The van der Waals surface area contributed by atoms with Crippen LogP contribution in [0.25, 0.3) is 10.8 Å². The number of nitrogens with two attached hydrogens (primary N) is 1. The van der Waals surface area contributed by atoms with E-state index >= 15 is 0 Å². The van der Waals surface area contributed by atoms with Crippen LogP contribution in [0.2, 0.25) is 0 Å². The van der Waals surface area contributed by atoms with Gasteiger partial charge in [-0.05, 0) is 35.6 Å². The molecule has 0 saturated heterocycles. The van der Waals surface area contributed by atoms with E-state index in [-0.39, 0.29) is 11.9 Å². The van der Waals surface area contributed by atoms with E-state index in [9.17, 15) is 4.39 Å². The van der Waals surface area contributed by atoms with Crippen LogP contribution in [0.4, 0.5) is 4.39 Å². The third-order valence-electron chi connectivity index (χ3n) is 3.53. The number of fused-ring (bicyclic) bond motifs is 1. The number of rotatable bonds is 2. The molecule has 1 unspecified atom stereocenters. The monoisotopic (exact) mass is 266 g/mol. The Morgan fingerprint density at radius 2 is 1.75 bits per heavy atom. The first kappa shape index (κ1) is 12.8. The fraction of sp³-hybridized carbons (Fsp3) is 0.118. The minimum atomic E-state index is -0.311. The SMILES string of the molecule is Cc1ccc(C(N)c2ccc(F)c3ccccc23)cn1. The van der Waals surface area contributed by atoms with Gasteiger partial charge < -0.3 is 5.73 Å². The minimum Gasteiger partial charge on any atom is -0.320 e. The molecule has 2 aromatic carbocycles. The summed E-state index contributed by atoms with van der Waals surface area (Å²) in [6, 6.07) is 14.2. The van der Waals surface area contributed by atoms with Crippen molar-refractivity contribution < 1.29 is 4.39 Å². The fourth-order valence-electron chi connectivity index (χ4n) is 2.40. The molecule has 0 aliphatic rings. The zero-order valence-corrected chi connectivity index (χ0v) is 11.2. The Kier molecular flexibility index (Phi) is 3.20. The van der Waals surface area contributed by atoms with Crippen molar-refractivity contribution in [2.45, 2.75) is 13.0 Å². The molecule has 3 heteroatoms. The van der Waals surface area contributed by atoms with Gasteiger partial charge in [0.2, 0.25) is 0 Å². The maximum Gasteiger partial charge on any atom is 0.131 e. The zero-order valence-electron chi connectivity index (χ0n) is 11.2. The van der Waals surface area contributed by atoms with E-state index in [4.69, 9.17) is 5.73 Å². The van der Waals surface area contributed by atoms with E-state index in [2.05, 4.69) is 4.98 Å². The summed E-state index contributed by atoms with van der Waals surface area (Å²) in [5.41, 5.74) is 9.10. The third-order valence-corrected chi connectivity index (χ3v) is 3.53. The normalized spacial score (nSPS) is 12.6. The van der Waals surface area contributed by atoms with Gasteiger partial charge in [-0.2, -0.15) is 0 Å². The molecule has 0 aliphatic carbocycles. The second kappa shape index (κ2) is 5.02. The molecule has 0 bridgehead atoms. The highest BCUT2D eigenvalue weighted by molar-refractivity contribution is 5.87. The summed E-state index contributed by atoms with van der Waals surface area (Å²) in [7, 11) is 0. The van der Waals surface area contributed by atoms with Crippen LogP contribution in [-0.4, -0.2) is 4.98 Å². The molecule has 2 N–H and O–H groups in total. The Morgan fingerprint density at radius 3 is 2.45 bits per heavy atom. The molecule has 0 amide bonds. The molecule has 1 aromatic heterocycles. The molecule has 0 aliphatic heterocycles. The van der Waals surface area contributed by atoms with Crippen LogP contribution in [0.5, 0.6) is 0 Å². The topological polar surface area (TPSA) is 38.9 Å². The summed E-state index contributed by atoms with van der Waals surface area (Å²) < 4.78 is 13.8. The Balaban J connectivity index is 2.14. The highest BCUT2D eigenvalue weighted by Crippen LogP contribution is 2.28. The second-order valence-corrected chi connectivity index (χ2v) is 4.89. The molecular formula is C17H15FN2. The lowest BCUT2D eigenvalue weighted by atomic mass is 9.95.